The summed E-state index contributed by atoms with van der Waals surface area (Å²) in [5.41, 5.74) is 41.6. The molecule has 0 unspecified atom stereocenters. The van der Waals surface area contributed by atoms with E-state index >= 15 is 0 Å². The van der Waals surface area contributed by atoms with E-state index in [9.17, 15) is 0 Å². The fourth-order valence-corrected chi connectivity index (χ4v) is 23.3. The molecule has 6 nitrogen and oxygen atoms in total. The highest BCUT2D eigenvalue weighted by atomic mass is 15.0. The van der Waals surface area contributed by atoms with Gasteiger partial charge in [-0.05, 0) is 205 Å². The highest BCUT2D eigenvalue weighted by Crippen LogP contribution is 2.54. The number of nitrogens with zero attached hydrogens (tertiary/aromatic N) is 6. The summed E-state index contributed by atoms with van der Waals surface area (Å²) >= 11 is 0. The Bertz CT molecular complexity index is 9790. The van der Waals surface area contributed by atoms with Crippen LogP contribution in [-0.2, 0) is 5.41 Å². The largest absolute Gasteiger partial charge is 0.309 e. The third kappa shape index (κ3) is 13.4. The van der Waals surface area contributed by atoms with Gasteiger partial charge in [-0.3, -0.25) is 0 Å². The van der Waals surface area contributed by atoms with Gasteiger partial charge in [0.2, 0.25) is 0 Å². The van der Waals surface area contributed by atoms with Crippen molar-refractivity contribution >= 4 is 131 Å². The van der Waals surface area contributed by atoms with Gasteiger partial charge in [0.1, 0.15) is 0 Å². The van der Waals surface area contributed by atoms with E-state index in [2.05, 4.69) is 563 Å². The second-order valence-electron chi connectivity index (χ2n) is 37.7. The first-order valence-corrected chi connectivity index (χ1v) is 48.8. The van der Waals surface area contributed by atoms with Crippen LogP contribution in [0.1, 0.15) is 25.0 Å². The summed E-state index contributed by atoms with van der Waals surface area (Å²) in [5.74, 6) is 0. The van der Waals surface area contributed by atoms with Crippen molar-refractivity contribution in [3.8, 4) is 112 Å². The van der Waals surface area contributed by atoms with Crippen molar-refractivity contribution in [3.05, 3.63) is 533 Å². The van der Waals surface area contributed by atoms with Crippen LogP contribution in [0.4, 0.5) is 0 Å². The lowest BCUT2D eigenvalue weighted by Crippen LogP contribution is -2.15. The van der Waals surface area contributed by atoms with Crippen LogP contribution < -0.4 is 0 Å². The number of benzene rings is 22. The van der Waals surface area contributed by atoms with Crippen LogP contribution in [0, 0.1) is 0 Å². The van der Waals surface area contributed by atoms with Crippen LogP contribution in [0.2, 0.25) is 0 Å². The number of para-hydroxylation sites is 9. The summed E-state index contributed by atoms with van der Waals surface area (Å²) in [7, 11) is 0. The van der Waals surface area contributed by atoms with Crippen molar-refractivity contribution < 1.29 is 0 Å². The van der Waals surface area contributed by atoms with Crippen LogP contribution in [-0.4, -0.2) is 27.4 Å². The molecule has 0 bridgehead atoms. The first-order chi connectivity index (χ1) is 69.8. The Morgan fingerprint density at radius 2 is 0.468 bits per heavy atom. The van der Waals surface area contributed by atoms with Crippen LogP contribution in [0.5, 0.6) is 0 Å². The fraction of sp³-hybridized carbons (Fsp3) is 0.0222. The molecule has 662 valence electrons. The first kappa shape index (κ1) is 82.1. The fourth-order valence-electron chi connectivity index (χ4n) is 23.3. The van der Waals surface area contributed by atoms with E-state index in [1.807, 2.05) is 0 Å². The molecule has 22 aromatic carbocycles. The van der Waals surface area contributed by atoms with Gasteiger partial charge in [0.05, 0.1) is 77.6 Å². The van der Waals surface area contributed by atoms with Gasteiger partial charge < -0.3 is 27.4 Å². The highest BCUT2D eigenvalue weighted by Gasteiger charge is 2.38. The molecule has 6 aromatic heterocycles. The van der Waals surface area contributed by atoms with E-state index in [1.54, 1.807) is 0 Å². The number of rotatable bonds is 12. The van der Waals surface area contributed by atoms with Gasteiger partial charge in [0.25, 0.3) is 0 Å². The summed E-state index contributed by atoms with van der Waals surface area (Å²) in [4.78, 5) is 0. The van der Waals surface area contributed by atoms with Gasteiger partial charge in [-0.1, -0.05) is 408 Å². The Kier molecular flexibility index (Phi) is 19.6. The van der Waals surface area contributed by atoms with Crippen molar-refractivity contribution in [1.29, 1.82) is 0 Å². The molecule has 6 heterocycles. The van der Waals surface area contributed by atoms with Crippen LogP contribution >= 0.6 is 0 Å². The molecule has 0 saturated heterocycles. The van der Waals surface area contributed by atoms with E-state index in [0.29, 0.717) is 0 Å². The lowest BCUT2D eigenvalue weighted by Gasteiger charge is -2.22. The van der Waals surface area contributed by atoms with Crippen molar-refractivity contribution in [3.63, 3.8) is 0 Å². The van der Waals surface area contributed by atoms with E-state index < -0.39 is 0 Å². The second kappa shape index (κ2) is 33.6. The van der Waals surface area contributed by atoms with Crippen LogP contribution in [0.3, 0.4) is 0 Å². The third-order valence-electron chi connectivity index (χ3n) is 29.6. The minimum Gasteiger partial charge on any atom is -0.309 e. The quantitative estimate of drug-likeness (QED) is 0.117. The number of hydrogen-bond acceptors (Lipinski definition) is 0. The molecule has 0 radical (unpaired) electrons. The monoisotopic (exact) mass is 1800 g/mol. The Hall–Kier alpha value is -18.4. The molecule has 0 aliphatic heterocycles. The lowest BCUT2D eigenvalue weighted by molar-refractivity contribution is 0.660. The second-order valence-corrected chi connectivity index (χ2v) is 37.7. The predicted molar refractivity (Wildman–Crippen MR) is 596 cm³/mol. The zero-order valence-electron chi connectivity index (χ0n) is 77.8. The molecule has 28 aromatic rings. The van der Waals surface area contributed by atoms with Crippen molar-refractivity contribution in [2.24, 2.45) is 0 Å². The Morgan fingerprint density at radius 1 is 0.149 bits per heavy atom. The first-order valence-electron chi connectivity index (χ1n) is 48.8. The molecule has 6 heteroatoms. The number of hydrogen-bond donors (Lipinski definition) is 0. The predicted octanol–water partition coefficient (Wildman–Crippen LogP) is 36.0. The average molecular weight is 1800 g/mol. The molecule has 1 aliphatic carbocycles. The van der Waals surface area contributed by atoms with E-state index in [1.165, 1.54) is 243 Å². The van der Waals surface area contributed by atoms with Crippen molar-refractivity contribution in [2.45, 2.75) is 19.3 Å². The molecule has 0 N–H and O–H groups in total. The van der Waals surface area contributed by atoms with Gasteiger partial charge in [-0.25, -0.2) is 0 Å². The summed E-state index contributed by atoms with van der Waals surface area (Å²) in [6.45, 7) is 4.73. The summed E-state index contributed by atoms with van der Waals surface area (Å²) in [6, 6.07) is 190. The van der Waals surface area contributed by atoms with Crippen molar-refractivity contribution in [1.82, 2.24) is 27.4 Å². The minimum absolute atomic E-state index is 0.0844. The highest BCUT2D eigenvalue weighted by molar-refractivity contribution is 6.29. The maximum absolute atomic E-state index is 2.56. The summed E-state index contributed by atoms with van der Waals surface area (Å²) in [5, 5.41) is 15.1. The Morgan fingerprint density at radius 3 is 1.02 bits per heavy atom. The molecule has 0 fully saturated rings. The molecule has 0 amide bonds. The maximum atomic E-state index is 2.56. The lowest BCUT2D eigenvalue weighted by atomic mass is 9.82. The zero-order chi connectivity index (χ0) is 93.3. The Labute approximate surface area is 816 Å². The van der Waals surface area contributed by atoms with Crippen molar-refractivity contribution in [2.75, 3.05) is 0 Å². The van der Waals surface area contributed by atoms with Gasteiger partial charge in [-0.2, -0.15) is 0 Å². The number of aromatic nitrogens is 6. The van der Waals surface area contributed by atoms with Gasteiger partial charge >= 0.3 is 0 Å². The molecule has 0 spiro atoms. The van der Waals surface area contributed by atoms with Gasteiger partial charge in [0.15, 0.2) is 0 Å². The SMILES string of the molecule is CC1(C)c2ccccc2-c2c(-n3c4ccccc4c4ccc5c(c6ccccc6n5-c5cccc(-c6ccc(-c7ccccc7)cc6)c5)c43)cccc21.c1ccc(-c2cccc(-c3ccccc3-n3c4ccccc4c4cc5c(cc43)c3ccccc3n5-c3ccccc3)c2)cc1.c1ccc(-c2ccccc2-c2ccc(-n3c4ccccc4c4ccc5c(c6ccccc6n5-c5ccccc5)c43)cc2)cc1. The topological polar surface area (TPSA) is 29.6 Å². The molecule has 1 aliphatic rings. The number of fused-ring (bicyclic) bond motifs is 23. The standard InChI is InChI=1S/C51H36N2.2C42H28N2/c1-51(2)42-21-9-6-19-40(42)48-43(51)22-13-25-46(48)53-44-23-10-7-18-38(44)39-30-31-47-49(50(39)53)41-20-8-11-24-45(41)52(47)37-17-12-16-36(32-37)35-28-26-34(27-29-35)33-14-4-3-5-15-33;1-3-14-29(15-4-1)30-16-13-17-31(26-30)33-20-7-10-23-38(33)44-40-25-12-9-22-35(40)37-27-41-36(28-42(37)44)34-21-8-11-24-39(34)43(41)32-18-5-2-6-19-32;1-3-13-29(14-4-1)33-17-7-8-18-34(33)30-23-25-32(26-24-30)44-38-21-11-9-19-35(38)36-27-28-40-41(42(36)44)37-20-10-12-22-39(37)43(40)31-15-5-2-6-16-31/h3-32H,1-2H3;2*1-28H. The van der Waals surface area contributed by atoms with Gasteiger partial charge in [-0.15, -0.1) is 0 Å². The molecular weight excluding hydrogens is 1710 g/mol. The van der Waals surface area contributed by atoms with E-state index in [4.69, 9.17) is 0 Å². The molecule has 0 saturated carbocycles. The summed E-state index contributed by atoms with van der Waals surface area (Å²) in [6.07, 6.45) is 0. The summed E-state index contributed by atoms with van der Waals surface area (Å²) < 4.78 is 14.7. The minimum atomic E-state index is -0.0844. The maximum Gasteiger partial charge on any atom is 0.0641 e. The molecule has 141 heavy (non-hydrogen) atoms. The molecule has 29 rings (SSSR count). The smallest absolute Gasteiger partial charge is 0.0641 e. The molecular formula is C135H92N6. The third-order valence-corrected chi connectivity index (χ3v) is 29.6. The van der Waals surface area contributed by atoms with E-state index in [0.717, 1.165) is 11.4 Å². The zero-order valence-corrected chi connectivity index (χ0v) is 77.8. The Balaban J connectivity index is 0.000000107. The van der Waals surface area contributed by atoms with Gasteiger partial charge in [0, 0.05) is 104 Å². The normalized spacial score (nSPS) is 12.2. The average Bonchev–Trinajstić information content (AvgIpc) is 1.53. The van der Waals surface area contributed by atoms with Crippen LogP contribution in [0.15, 0.2) is 522 Å². The van der Waals surface area contributed by atoms with Crippen LogP contribution in [0.25, 0.3) is 243 Å². The molecule has 0 atom stereocenters. The van der Waals surface area contributed by atoms with E-state index in [-0.39, 0.29) is 5.41 Å².